The van der Waals surface area contributed by atoms with Crippen LogP contribution in [0.3, 0.4) is 0 Å². The minimum Gasteiger partial charge on any atom is -0.214 e. The molecule has 0 saturated carbocycles. The fourth-order valence-corrected chi connectivity index (χ4v) is 1.48. The zero-order valence-corrected chi connectivity index (χ0v) is 13.8. The van der Waals surface area contributed by atoms with E-state index in [1.54, 1.807) is 0 Å². The van der Waals surface area contributed by atoms with Gasteiger partial charge in [0.1, 0.15) is 0 Å². The Labute approximate surface area is 118 Å². The van der Waals surface area contributed by atoms with Crippen LogP contribution >= 0.6 is 0 Å². The molecule has 0 radical (unpaired) electrons. The minimum absolute atomic E-state index is 0. The van der Waals surface area contributed by atoms with Crippen LogP contribution in [0.4, 0.5) is 0 Å². The van der Waals surface area contributed by atoms with Gasteiger partial charge in [-0.25, -0.2) is 18.2 Å². The number of aryl methyl sites for hydroxylation is 2. The molecule has 0 unspecified atom stereocenters. The summed E-state index contributed by atoms with van der Waals surface area (Å²) in [7, 11) is 0. The van der Waals surface area contributed by atoms with Gasteiger partial charge in [-0.2, -0.15) is 41.5 Å². The van der Waals surface area contributed by atoms with Gasteiger partial charge in [0, 0.05) is 25.8 Å². The Hall–Kier alpha value is -0.430. The van der Waals surface area contributed by atoms with Crippen LogP contribution in [-0.2, 0) is 32.3 Å². The Morgan fingerprint density at radius 3 is 2.31 bits per heavy atom. The van der Waals surface area contributed by atoms with Crippen LogP contribution in [0, 0.1) is 6.92 Å². The first-order valence-corrected chi connectivity index (χ1v) is 5.72. The van der Waals surface area contributed by atoms with E-state index >= 15 is 0 Å². The van der Waals surface area contributed by atoms with Crippen molar-refractivity contribution in [1.82, 2.24) is 0 Å². The minimum atomic E-state index is 0. The maximum absolute atomic E-state index is 2.27. The predicted octanol–water partition coefficient (Wildman–Crippen LogP) is 4.46. The van der Waals surface area contributed by atoms with Gasteiger partial charge in [0.05, 0.1) is 0 Å². The van der Waals surface area contributed by atoms with E-state index in [2.05, 4.69) is 32.0 Å². The van der Waals surface area contributed by atoms with Crippen LogP contribution in [0.15, 0.2) is 48.5 Å². The predicted molar refractivity (Wildman–Crippen MR) is 67.4 cm³/mol. The van der Waals surface area contributed by atoms with Crippen LogP contribution in [0.5, 0.6) is 0 Å². The number of hydrogen-bond donors (Lipinski definition) is 0. The van der Waals surface area contributed by atoms with E-state index in [-0.39, 0.29) is 25.8 Å². The summed E-state index contributed by atoms with van der Waals surface area (Å²) < 4.78 is 0. The maximum atomic E-state index is 2.27. The number of unbranched alkanes of at least 4 members (excludes halogenated alkanes) is 1. The Morgan fingerprint density at radius 1 is 1.25 bits per heavy atom. The molecule has 2 aromatic carbocycles. The Balaban J connectivity index is 0.000000318. The molecule has 2 rings (SSSR count). The van der Waals surface area contributed by atoms with Crippen molar-refractivity contribution >= 4 is 0 Å². The second-order valence-electron chi connectivity index (χ2n) is 3.86. The summed E-state index contributed by atoms with van der Waals surface area (Å²) in [5.74, 6) is 0. The SMILES string of the molecule is CCCCc1cc[c-](C)c1.[Hf].c1cc[cH-]c1. The van der Waals surface area contributed by atoms with Gasteiger partial charge in [0.15, 0.2) is 0 Å². The van der Waals surface area contributed by atoms with Crippen molar-refractivity contribution in [2.75, 3.05) is 0 Å². The smallest absolute Gasteiger partial charge is 0 e. The van der Waals surface area contributed by atoms with Gasteiger partial charge >= 0.3 is 0 Å². The van der Waals surface area contributed by atoms with Crippen LogP contribution in [-0.4, -0.2) is 0 Å². The van der Waals surface area contributed by atoms with Crippen LogP contribution in [0.2, 0.25) is 0 Å². The quantitative estimate of drug-likeness (QED) is 0.546. The molecule has 0 spiro atoms. The largest absolute Gasteiger partial charge is 0.214 e. The summed E-state index contributed by atoms with van der Waals surface area (Å²) in [4.78, 5) is 0. The summed E-state index contributed by atoms with van der Waals surface area (Å²) in [6, 6.07) is 16.7. The van der Waals surface area contributed by atoms with Gasteiger partial charge in [0.25, 0.3) is 0 Å². The summed E-state index contributed by atoms with van der Waals surface area (Å²) in [6.45, 7) is 4.38. The van der Waals surface area contributed by atoms with Crippen molar-refractivity contribution < 1.29 is 25.8 Å². The first kappa shape index (κ1) is 15.6. The molecule has 86 valence electrons. The van der Waals surface area contributed by atoms with Crippen LogP contribution in [0.1, 0.15) is 30.9 Å². The van der Waals surface area contributed by atoms with E-state index in [0.29, 0.717) is 0 Å². The van der Waals surface area contributed by atoms with Crippen molar-refractivity contribution in [3.8, 4) is 0 Å². The van der Waals surface area contributed by atoms with Crippen molar-refractivity contribution in [2.45, 2.75) is 33.1 Å². The monoisotopic (exact) mass is 380 g/mol. The molecule has 0 N–H and O–H groups in total. The third kappa shape index (κ3) is 6.95. The van der Waals surface area contributed by atoms with Crippen molar-refractivity contribution in [3.63, 3.8) is 0 Å². The molecule has 0 aliphatic rings. The molecule has 2 aromatic rings. The molecule has 0 fully saturated rings. The average molecular weight is 379 g/mol. The normalized spacial score (nSPS) is 8.88. The second kappa shape index (κ2) is 9.77. The molecule has 0 heterocycles. The molecule has 16 heavy (non-hydrogen) atoms. The van der Waals surface area contributed by atoms with Gasteiger partial charge in [-0.1, -0.05) is 33.1 Å². The number of rotatable bonds is 3. The van der Waals surface area contributed by atoms with Gasteiger partial charge in [-0.15, -0.1) is 0 Å². The molecule has 0 atom stereocenters. The fourth-order valence-electron chi connectivity index (χ4n) is 1.48. The first-order chi connectivity index (χ1) is 7.33. The molecule has 1 heteroatoms. The Bertz CT molecular complexity index is 313. The molecule has 0 aliphatic carbocycles. The number of hydrogen-bond acceptors (Lipinski definition) is 0. The topological polar surface area (TPSA) is 0 Å². The Morgan fingerprint density at radius 2 is 1.94 bits per heavy atom. The summed E-state index contributed by atoms with van der Waals surface area (Å²) in [5.41, 5.74) is 2.89. The third-order valence-electron chi connectivity index (χ3n) is 2.35. The van der Waals surface area contributed by atoms with Gasteiger partial charge in [-0.3, -0.25) is 0 Å². The zero-order valence-electron chi connectivity index (χ0n) is 10.2. The van der Waals surface area contributed by atoms with E-state index in [0.717, 1.165) is 0 Å². The van der Waals surface area contributed by atoms with Crippen molar-refractivity contribution in [2.24, 2.45) is 0 Å². The van der Waals surface area contributed by atoms with E-state index < -0.39 is 0 Å². The van der Waals surface area contributed by atoms with Crippen LogP contribution < -0.4 is 0 Å². The van der Waals surface area contributed by atoms with Gasteiger partial charge in [-0.05, 0) is 0 Å². The summed E-state index contributed by atoms with van der Waals surface area (Å²) in [5, 5.41) is 0. The summed E-state index contributed by atoms with van der Waals surface area (Å²) >= 11 is 0. The van der Waals surface area contributed by atoms with Gasteiger partial charge in [0.2, 0.25) is 0 Å². The second-order valence-corrected chi connectivity index (χ2v) is 3.86. The average Bonchev–Trinajstić information content (AvgIpc) is 2.88. The van der Waals surface area contributed by atoms with Gasteiger partial charge < -0.3 is 0 Å². The molecule has 0 nitrogen and oxygen atoms in total. The molecule has 0 aliphatic heterocycles. The summed E-state index contributed by atoms with van der Waals surface area (Å²) in [6.07, 6.45) is 3.87. The molecular weight excluding hydrogens is 359 g/mol. The van der Waals surface area contributed by atoms with Crippen molar-refractivity contribution in [1.29, 1.82) is 0 Å². The first-order valence-electron chi connectivity index (χ1n) is 5.72. The molecule has 0 saturated heterocycles. The van der Waals surface area contributed by atoms with E-state index in [1.165, 1.54) is 30.4 Å². The van der Waals surface area contributed by atoms with E-state index in [4.69, 9.17) is 0 Å². The van der Waals surface area contributed by atoms with Crippen molar-refractivity contribution in [3.05, 3.63) is 59.7 Å². The molecular formula is C15H20Hf-2. The van der Waals surface area contributed by atoms with Crippen LogP contribution in [0.25, 0.3) is 0 Å². The Kier molecular flexibility index (Phi) is 9.51. The van der Waals surface area contributed by atoms with E-state index in [9.17, 15) is 0 Å². The molecule has 0 aromatic heterocycles. The molecule has 0 bridgehead atoms. The standard InChI is InChI=1S/C10H15.C5H5.Hf/c1-3-4-5-10-7-6-9(2)8-10;1-2-4-5-3-1;/h6-8H,3-5H2,1-2H3;1-5H;/q2*-1;. The third-order valence-corrected chi connectivity index (χ3v) is 2.35. The molecule has 0 amide bonds. The fraction of sp³-hybridized carbons (Fsp3) is 0.333. The van der Waals surface area contributed by atoms with E-state index in [1.807, 2.05) is 30.3 Å². The maximum Gasteiger partial charge on any atom is 0 e. The zero-order chi connectivity index (χ0) is 10.9.